The summed E-state index contributed by atoms with van der Waals surface area (Å²) in [5, 5.41) is 13.0. The van der Waals surface area contributed by atoms with Gasteiger partial charge in [0.25, 0.3) is 0 Å². The maximum Gasteiger partial charge on any atom is 0.326 e. The van der Waals surface area contributed by atoms with Crippen molar-refractivity contribution in [2.45, 2.75) is 19.5 Å². The number of carboxylic acids is 1. The molecule has 0 spiro atoms. The minimum absolute atomic E-state index is 0. The summed E-state index contributed by atoms with van der Waals surface area (Å²) < 4.78 is 0. The standard InChI is InChI=1S/C26H24N4O2.ClH/c1-19(26(31)32)30(23-10-6-3-7-11-23)25-16-24(28-18-29-25)21-12-14-22(15-13-21)27-17-20-8-4-2-5-9-20;/h2-16,18-19,27H,17H2,1H3,(H,31,32);1H/t19-;/m0./s1. The average Bonchev–Trinajstić information content (AvgIpc) is 2.85. The zero-order chi connectivity index (χ0) is 22.3. The average molecular weight is 461 g/mol. The van der Waals surface area contributed by atoms with Gasteiger partial charge in [0.2, 0.25) is 0 Å². The molecule has 6 nitrogen and oxygen atoms in total. The number of benzene rings is 3. The largest absolute Gasteiger partial charge is 0.480 e. The summed E-state index contributed by atoms with van der Waals surface area (Å²) in [4.78, 5) is 22.2. The first-order valence-corrected chi connectivity index (χ1v) is 10.4. The number of hydrogen-bond donors (Lipinski definition) is 2. The van der Waals surface area contributed by atoms with Crippen molar-refractivity contribution in [2.75, 3.05) is 10.2 Å². The van der Waals surface area contributed by atoms with Crippen molar-refractivity contribution in [3.63, 3.8) is 0 Å². The summed E-state index contributed by atoms with van der Waals surface area (Å²) in [5.41, 5.74) is 4.63. The zero-order valence-electron chi connectivity index (χ0n) is 18.1. The quantitative estimate of drug-likeness (QED) is 0.346. The van der Waals surface area contributed by atoms with E-state index in [0.29, 0.717) is 5.82 Å². The molecule has 0 aliphatic heterocycles. The highest BCUT2D eigenvalue weighted by Crippen LogP contribution is 2.29. The Balaban J connectivity index is 0.00000306. The first-order chi connectivity index (χ1) is 15.6. The van der Waals surface area contributed by atoms with Crippen molar-refractivity contribution < 1.29 is 9.90 Å². The topological polar surface area (TPSA) is 78.4 Å². The first-order valence-electron chi connectivity index (χ1n) is 10.4. The highest BCUT2D eigenvalue weighted by Gasteiger charge is 2.24. The number of carboxylic acid groups (broad SMARTS) is 1. The van der Waals surface area contributed by atoms with Crippen molar-refractivity contribution in [1.82, 2.24) is 9.97 Å². The van der Waals surface area contributed by atoms with Crippen molar-refractivity contribution >= 4 is 35.6 Å². The van der Waals surface area contributed by atoms with Crippen LogP contribution in [-0.4, -0.2) is 27.1 Å². The molecule has 1 atom stereocenters. The van der Waals surface area contributed by atoms with E-state index in [2.05, 4.69) is 27.4 Å². The first kappa shape index (κ1) is 23.8. The van der Waals surface area contributed by atoms with Crippen LogP contribution in [0.2, 0.25) is 0 Å². The molecule has 0 amide bonds. The number of nitrogens with one attached hydrogen (secondary N) is 1. The van der Waals surface area contributed by atoms with E-state index >= 15 is 0 Å². The number of carbonyl (C=O) groups is 1. The van der Waals surface area contributed by atoms with Crippen LogP contribution in [0.3, 0.4) is 0 Å². The molecular weight excluding hydrogens is 436 g/mol. The van der Waals surface area contributed by atoms with Gasteiger partial charge in [-0.25, -0.2) is 14.8 Å². The van der Waals surface area contributed by atoms with E-state index in [0.717, 1.165) is 29.2 Å². The maximum atomic E-state index is 11.8. The van der Waals surface area contributed by atoms with Gasteiger partial charge in [0.1, 0.15) is 18.2 Å². The van der Waals surface area contributed by atoms with Gasteiger partial charge in [0.15, 0.2) is 0 Å². The number of halogens is 1. The highest BCUT2D eigenvalue weighted by atomic mass is 35.5. The van der Waals surface area contributed by atoms with Gasteiger partial charge in [-0.2, -0.15) is 0 Å². The molecule has 0 saturated heterocycles. The number of aromatic nitrogens is 2. The number of para-hydroxylation sites is 1. The molecule has 0 aliphatic carbocycles. The Kier molecular flexibility index (Phi) is 8.00. The molecule has 168 valence electrons. The van der Waals surface area contributed by atoms with Gasteiger partial charge in [0, 0.05) is 29.5 Å². The number of aliphatic carboxylic acids is 1. The Morgan fingerprint density at radius 2 is 1.58 bits per heavy atom. The van der Waals surface area contributed by atoms with Crippen molar-refractivity contribution in [2.24, 2.45) is 0 Å². The molecule has 4 rings (SSSR count). The van der Waals surface area contributed by atoms with Gasteiger partial charge in [0.05, 0.1) is 5.69 Å². The second-order valence-electron chi connectivity index (χ2n) is 7.40. The summed E-state index contributed by atoms with van der Waals surface area (Å²) in [6.07, 6.45) is 1.47. The maximum absolute atomic E-state index is 11.8. The molecule has 0 fully saturated rings. The van der Waals surface area contributed by atoms with E-state index < -0.39 is 12.0 Å². The van der Waals surface area contributed by atoms with Crippen molar-refractivity contribution in [1.29, 1.82) is 0 Å². The van der Waals surface area contributed by atoms with Gasteiger partial charge in [-0.3, -0.25) is 0 Å². The molecule has 3 aromatic carbocycles. The SMILES string of the molecule is C[C@@H](C(=O)O)N(c1ccccc1)c1cc(-c2ccc(NCc3ccccc3)cc2)ncn1.Cl. The molecule has 7 heteroatoms. The zero-order valence-corrected chi connectivity index (χ0v) is 18.9. The second-order valence-corrected chi connectivity index (χ2v) is 7.40. The minimum atomic E-state index is -0.928. The van der Waals surface area contributed by atoms with Crippen LogP contribution in [-0.2, 0) is 11.3 Å². The Hall–Kier alpha value is -3.90. The lowest BCUT2D eigenvalue weighted by Gasteiger charge is -2.27. The number of hydrogen-bond acceptors (Lipinski definition) is 5. The summed E-state index contributed by atoms with van der Waals surface area (Å²) in [5.74, 6) is -0.398. The van der Waals surface area contributed by atoms with Gasteiger partial charge in [-0.05, 0) is 36.8 Å². The molecule has 1 aromatic heterocycles. The Labute approximate surface area is 199 Å². The second kappa shape index (κ2) is 11.1. The third-order valence-corrected chi connectivity index (χ3v) is 5.20. The van der Waals surface area contributed by atoms with Crippen LogP contribution >= 0.6 is 12.4 Å². The molecule has 1 heterocycles. The van der Waals surface area contributed by atoms with Crippen LogP contribution in [0.1, 0.15) is 12.5 Å². The molecule has 0 bridgehead atoms. The molecule has 2 N–H and O–H groups in total. The van der Waals surface area contributed by atoms with Gasteiger partial charge in [-0.1, -0.05) is 60.7 Å². The monoisotopic (exact) mass is 460 g/mol. The van der Waals surface area contributed by atoms with E-state index in [1.54, 1.807) is 11.8 Å². The molecule has 33 heavy (non-hydrogen) atoms. The fourth-order valence-electron chi connectivity index (χ4n) is 3.45. The molecule has 4 aromatic rings. The molecular formula is C26H25ClN4O2. The summed E-state index contributed by atoms with van der Waals surface area (Å²) in [6, 6.07) is 28.6. The van der Waals surface area contributed by atoms with Crippen molar-refractivity contribution in [3.8, 4) is 11.3 Å². The fraction of sp³-hybridized carbons (Fsp3) is 0.115. The lowest BCUT2D eigenvalue weighted by atomic mass is 10.1. The van der Waals surface area contributed by atoms with E-state index in [4.69, 9.17) is 0 Å². The lowest BCUT2D eigenvalue weighted by molar-refractivity contribution is -0.138. The normalized spacial score (nSPS) is 11.2. The molecule has 0 radical (unpaired) electrons. The van der Waals surface area contributed by atoms with Crippen LogP contribution in [0.25, 0.3) is 11.3 Å². The van der Waals surface area contributed by atoms with E-state index in [1.807, 2.05) is 78.9 Å². The van der Waals surface area contributed by atoms with E-state index in [1.165, 1.54) is 11.9 Å². The van der Waals surface area contributed by atoms with E-state index in [9.17, 15) is 9.90 Å². The van der Waals surface area contributed by atoms with Crippen LogP contribution in [0.5, 0.6) is 0 Å². The van der Waals surface area contributed by atoms with Crippen molar-refractivity contribution in [3.05, 3.63) is 103 Å². The number of rotatable bonds is 8. The molecule has 0 unspecified atom stereocenters. The predicted octanol–water partition coefficient (Wildman–Crippen LogP) is 5.79. The third-order valence-electron chi connectivity index (χ3n) is 5.20. The van der Waals surface area contributed by atoms with Crippen LogP contribution < -0.4 is 10.2 Å². The van der Waals surface area contributed by atoms with E-state index in [-0.39, 0.29) is 12.4 Å². The Morgan fingerprint density at radius 3 is 2.21 bits per heavy atom. The highest BCUT2D eigenvalue weighted by molar-refractivity contribution is 5.85. The fourth-order valence-corrected chi connectivity index (χ4v) is 3.45. The molecule has 0 aliphatic rings. The Morgan fingerprint density at radius 1 is 0.939 bits per heavy atom. The lowest BCUT2D eigenvalue weighted by Crippen LogP contribution is -2.36. The summed E-state index contributed by atoms with van der Waals surface area (Å²) in [7, 11) is 0. The summed E-state index contributed by atoms with van der Waals surface area (Å²) in [6.45, 7) is 2.39. The van der Waals surface area contributed by atoms with Crippen LogP contribution in [0.15, 0.2) is 97.3 Å². The summed E-state index contributed by atoms with van der Waals surface area (Å²) >= 11 is 0. The van der Waals surface area contributed by atoms with Crippen LogP contribution in [0.4, 0.5) is 17.2 Å². The van der Waals surface area contributed by atoms with Crippen LogP contribution in [0, 0.1) is 0 Å². The number of anilines is 3. The number of nitrogens with zero attached hydrogens (tertiary/aromatic N) is 3. The van der Waals surface area contributed by atoms with Gasteiger partial charge in [-0.15, -0.1) is 12.4 Å². The molecule has 0 saturated carbocycles. The smallest absolute Gasteiger partial charge is 0.326 e. The third kappa shape index (κ3) is 5.87. The Bertz CT molecular complexity index is 1170. The predicted molar refractivity (Wildman–Crippen MR) is 134 cm³/mol. The van der Waals surface area contributed by atoms with Gasteiger partial charge < -0.3 is 15.3 Å². The minimum Gasteiger partial charge on any atom is -0.480 e. The van der Waals surface area contributed by atoms with Gasteiger partial charge >= 0.3 is 5.97 Å².